The fraction of sp³-hybridized carbons (Fsp3) is 0.667. The van der Waals surface area contributed by atoms with Gasteiger partial charge in [-0.1, -0.05) is 0 Å². The molecule has 0 amide bonds. The normalized spacial score (nSPS) is 35.5. The highest BCUT2D eigenvalue weighted by Crippen LogP contribution is 2.27. The zero-order valence-corrected chi connectivity index (χ0v) is 7.82. The van der Waals surface area contributed by atoms with Gasteiger partial charge in [0.15, 0.2) is 0 Å². The summed E-state index contributed by atoms with van der Waals surface area (Å²) in [5.74, 6) is -0.0255. The fourth-order valence-electron chi connectivity index (χ4n) is 1.62. The van der Waals surface area contributed by atoms with Crippen LogP contribution in [0.15, 0.2) is 11.8 Å². The zero-order valence-electron chi connectivity index (χ0n) is 7.82. The monoisotopic (exact) mass is 183 g/mol. The van der Waals surface area contributed by atoms with Crippen molar-refractivity contribution in [2.24, 2.45) is 0 Å². The van der Waals surface area contributed by atoms with Crippen LogP contribution in [-0.4, -0.2) is 43.8 Å². The van der Waals surface area contributed by atoms with Crippen LogP contribution in [0.4, 0.5) is 0 Å². The molecule has 13 heavy (non-hydrogen) atoms. The van der Waals surface area contributed by atoms with Crippen molar-refractivity contribution in [2.45, 2.75) is 18.8 Å². The number of rotatable bonds is 1. The van der Waals surface area contributed by atoms with Crippen LogP contribution in [0.25, 0.3) is 0 Å². The molecule has 0 spiro atoms. The highest BCUT2D eigenvalue weighted by Gasteiger charge is 2.39. The summed E-state index contributed by atoms with van der Waals surface area (Å²) in [6, 6.07) is 0. The summed E-state index contributed by atoms with van der Waals surface area (Å²) in [6.45, 7) is 0.543. The molecule has 2 heterocycles. The lowest BCUT2D eigenvalue weighted by molar-refractivity contribution is -0.146. The lowest BCUT2D eigenvalue weighted by Crippen LogP contribution is -2.31. The molecule has 2 atom stereocenters. The Kier molecular flexibility index (Phi) is 2.09. The minimum atomic E-state index is -0.634. The minimum absolute atomic E-state index is 0.0255. The highest BCUT2D eigenvalue weighted by atomic mass is 16.7. The quantitative estimate of drug-likeness (QED) is 0.542. The molecule has 72 valence electrons. The first-order valence-corrected chi connectivity index (χ1v) is 4.35. The Morgan fingerprint density at radius 1 is 1.54 bits per heavy atom. The molecule has 2 saturated heterocycles. The molecule has 0 unspecified atom stereocenters. The van der Waals surface area contributed by atoms with Crippen LogP contribution in [0.3, 0.4) is 0 Å². The van der Waals surface area contributed by atoms with Gasteiger partial charge in [-0.3, -0.25) is 4.79 Å². The Labute approximate surface area is 77.1 Å². The first kappa shape index (κ1) is 8.72. The van der Waals surface area contributed by atoms with Crippen LogP contribution in [0.1, 0.15) is 6.42 Å². The van der Waals surface area contributed by atoms with Crippen molar-refractivity contribution in [2.75, 3.05) is 20.7 Å². The number of nitrogens with zero attached hydrogens (tertiary/aromatic N) is 1. The van der Waals surface area contributed by atoms with E-state index in [1.54, 1.807) is 0 Å². The molecule has 2 bridgehead atoms. The molecule has 2 aliphatic rings. The molecule has 0 radical (unpaired) electrons. The number of ether oxygens (including phenoxy) is 2. The topological polar surface area (TPSA) is 38.8 Å². The van der Waals surface area contributed by atoms with Crippen molar-refractivity contribution in [1.29, 1.82) is 0 Å². The van der Waals surface area contributed by atoms with Crippen molar-refractivity contribution < 1.29 is 14.3 Å². The zero-order chi connectivity index (χ0) is 9.42. The van der Waals surface area contributed by atoms with Crippen LogP contribution < -0.4 is 0 Å². The average molecular weight is 183 g/mol. The van der Waals surface area contributed by atoms with E-state index in [0.29, 0.717) is 13.0 Å². The van der Waals surface area contributed by atoms with Gasteiger partial charge in [0.05, 0.1) is 12.7 Å². The van der Waals surface area contributed by atoms with E-state index < -0.39 is 6.29 Å². The first-order chi connectivity index (χ1) is 6.16. The van der Waals surface area contributed by atoms with E-state index in [1.807, 2.05) is 25.2 Å². The predicted octanol–water partition coefficient (Wildman–Crippen LogP) is 0.146. The number of ketones is 1. The van der Waals surface area contributed by atoms with Gasteiger partial charge in [-0.05, 0) is 0 Å². The van der Waals surface area contributed by atoms with E-state index >= 15 is 0 Å². The van der Waals surface area contributed by atoms with Gasteiger partial charge in [0.25, 0.3) is 0 Å². The third kappa shape index (κ3) is 1.59. The SMILES string of the molecule is CN(C)/C=C1\C[C@@H]2CO[C@@H](O2)C1=O. The Bertz CT molecular complexity index is 260. The number of carbonyl (C=O) groups excluding carboxylic acids is 1. The van der Waals surface area contributed by atoms with E-state index in [1.165, 1.54) is 0 Å². The lowest BCUT2D eigenvalue weighted by atomic mass is 10.0. The molecular weight excluding hydrogens is 170 g/mol. The molecule has 0 aromatic heterocycles. The maximum Gasteiger partial charge on any atom is 0.222 e. The van der Waals surface area contributed by atoms with Crippen LogP contribution in [0.2, 0.25) is 0 Å². The largest absolute Gasteiger partial charge is 0.383 e. The Hall–Kier alpha value is -0.870. The van der Waals surface area contributed by atoms with Gasteiger partial charge in [0.2, 0.25) is 12.1 Å². The standard InChI is InChI=1S/C9H13NO3/c1-10(2)4-6-3-7-5-12-9(13-7)8(6)11/h4,7,9H,3,5H2,1-2H3/b6-4+/t7-,9+/m1/s1. The number of Topliss-reactive ketones (excluding diaryl/α,β-unsaturated/α-hetero) is 1. The third-order valence-electron chi connectivity index (χ3n) is 2.14. The molecule has 2 rings (SSSR count). The van der Waals surface area contributed by atoms with E-state index in [9.17, 15) is 4.79 Å². The van der Waals surface area contributed by atoms with Crippen LogP contribution in [0.5, 0.6) is 0 Å². The van der Waals surface area contributed by atoms with Crippen molar-refractivity contribution in [3.8, 4) is 0 Å². The van der Waals surface area contributed by atoms with Gasteiger partial charge < -0.3 is 14.4 Å². The maximum absolute atomic E-state index is 11.6. The van der Waals surface area contributed by atoms with Crippen molar-refractivity contribution in [3.63, 3.8) is 0 Å². The fourth-order valence-corrected chi connectivity index (χ4v) is 1.62. The average Bonchev–Trinajstić information content (AvgIpc) is 2.44. The second-order valence-electron chi connectivity index (χ2n) is 3.61. The van der Waals surface area contributed by atoms with Gasteiger partial charge in [0.1, 0.15) is 0 Å². The third-order valence-corrected chi connectivity index (χ3v) is 2.14. The number of fused-ring (bicyclic) bond motifs is 2. The number of hydrogen-bond acceptors (Lipinski definition) is 4. The molecular formula is C9H13NO3. The molecule has 0 saturated carbocycles. The summed E-state index contributed by atoms with van der Waals surface area (Å²) >= 11 is 0. The predicted molar refractivity (Wildman–Crippen MR) is 46.0 cm³/mol. The molecule has 0 aromatic rings. The molecule has 0 aromatic carbocycles. The molecule has 2 aliphatic heterocycles. The molecule has 4 nitrogen and oxygen atoms in total. The summed E-state index contributed by atoms with van der Waals surface area (Å²) in [4.78, 5) is 13.4. The van der Waals surface area contributed by atoms with Crippen molar-refractivity contribution in [1.82, 2.24) is 4.90 Å². The number of hydrogen-bond donors (Lipinski definition) is 0. The Balaban J connectivity index is 2.18. The van der Waals surface area contributed by atoms with Crippen molar-refractivity contribution >= 4 is 5.78 Å². The van der Waals surface area contributed by atoms with Crippen LogP contribution >= 0.6 is 0 Å². The lowest BCUT2D eigenvalue weighted by Gasteiger charge is -2.20. The summed E-state index contributed by atoms with van der Waals surface area (Å²) < 4.78 is 10.5. The second kappa shape index (κ2) is 3.12. The molecule has 0 N–H and O–H groups in total. The summed E-state index contributed by atoms with van der Waals surface area (Å²) in [6.07, 6.45) is 1.96. The Morgan fingerprint density at radius 3 is 3.00 bits per heavy atom. The van der Waals surface area contributed by atoms with E-state index in [0.717, 1.165) is 5.57 Å². The smallest absolute Gasteiger partial charge is 0.222 e. The van der Waals surface area contributed by atoms with Crippen LogP contribution in [-0.2, 0) is 14.3 Å². The maximum atomic E-state index is 11.6. The molecule has 4 heteroatoms. The summed E-state index contributed by atoms with van der Waals surface area (Å²) in [5.41, 5.74) is 0.809. The van der Waals surface area contributed by atoms with Crippen molar-refractivity contribution in [3.05, 3.63) is 11.8 Å². The highest BCUT2D eigenvalue weighted by molar-refractivity contribution is 5.98. The van der Waals surface area contributed by atoms with E-state index in [4.69, 9.17) is 9.47 Å². The van der Waals surface area contributed by atoms with Gasteiger partial charge >= 0.3 is 0 Å². The summed E-state index contributed by atoms with van der Waals surface area (Å²) in [7, 11) is 3.80. The van der Waals surface area contributed by atoms with E-state index in [2.05, 4.69) is 0 Å². The first-order valence-electron chi connectivity index (χ1n) is 4.35. The Morgan fingerprint density at radius 2 is 2.31 bits per heavy atom. The number of carbonyl (C=O) groups is 1. The van der Waals surface area contributed by atoms with Gasteiger partial charge in [0, 0.05) is 32.3 Å². The van der Waals surface area contributed by atoms with Gasteiger partial charge in [-0.2, -0.15) is 0 Å². The van der Waals surface area contributed by atoms with Gasteiger partial charge in [-0.25, -0.2) is 0 Å². The molecule has 0 aliphatic carbocycles. The second-order valence-corrected chi connectivity index (χ2v) is 3.61. The van der Waals surface area contributed by atoms with Crippen LogP contribution in [0, 0.1) is 0 Å². The van der Waals surface area contributed by atoms with Gasteiger partial charge in [-0.15, -0.1) is 0 Å². The molecule has 2 fully saturated rings. The summed E-state index contributed by atoms with van der Waals surface area (Å²) in [5, 5.41) is 0. The van der Waals surface area contributed by atoms with E-state index in [-0.39, 0.29) is 11.9 Å². The minimum Gasteiger partial charge on any atom is -0.383 e.